The van der Waals surface area contributed by atoms with Gasteiger partial charge in [-0.05, 0) is 6.42 Å². The van der Waals surface area contributed by atoms with E-state index in [1.807, 2.05) is 0 Å². The van der Waals surface area contributed by atoms with Gasteiger partial charge in [0.05, 0.1) is 0 Å². The Morgan fingerprint density at radius 1 is 1.29 bits per heavy atom. The molecule has 1 unspecified atom stereocenters. The zero-order chi connectivity index (χ0) is 15.7. The number of nitrogens with zero attached hydrogens (tertiary/aromatic N) is 1. The molecule has 1 aliphatic heterocycles. The number of urea groups is 1. The molecular formula is C12H23N5O4. The molecule has 21 heavy (non-hydrogen) atoms. The van der Waals surface area contributed by atoms with Crippen LogP contribution < -0.4 is 21.7 Å². The van der Waals surface area contributed by atoms with E-state index in [1.165, 1.54) is 0 Å². The van der Waals surface area contributed by atoms with Crippen LogP contribution in [0.15, 0.2) is 0 Å². The van der Waals surface area contributed by atoms with Crippen LogP contribution in [0.3, 0.4) is 0 Å². The largest absolute Gasteiger partial charge is 0.480 e. The number of piperazine rings is 1. The summed E-state index contributed by atoms with van der Waals surface area (Å²) in [5.41, 5.74) is 4.96. The van der Waals surface area contributed by atoms with E-state index in [4.69, 9.17) is 10.8 Å². The molecule has 9 heteroatoms. The molecule has 0 spiro atoms. The van der Waals surface area contributed by atoms with E-state index in [1.54, 1.807) is 0 Å². The second kappa shape index (κ2) is 9.14. The van der Waals surface area contributed by atoms with Gasteiger partial charge in [0, 0.05) is 45.7 Å². The summed E-state index contributed by atoms with van der Waals surface area (Å²) in [7, 11) is 0. The summed E-state index contributed by atoms with van der Waals surface area (Å²) in [6.45, 7) is 4.88. The topological polar surface area (TPSA) is 137 Å². The number of rotatable bonds is 8. The quantitative estimate of drug-likeness (QED) is 0.349. The predicted molar refractivity (Wildman–Crippen MR) is 75.7 cm³/mol. The molecule has 1 heterocycles. The fourth-order valence-corrected chi connectivity index (χ4v) is 2.02. The highest BCUT2D eigenvalue weighted by molar-refractivity contribution is 5.83. The number of primary amides is 1. The average molecular weight is 301 g/mol. The van der Waals surface area contributed by atoms with E-state index < -0.39 is 23.9 Å². The summed E-state index contributed by atoms with van der Waals surface area (Å²) in [6, 6.07) is -1.67. The summed E-state index contributed by atoms with van der Waals surface area (Å²) in [5.74, 6) is -1.78. The van der Waals surface area contributed by atoms with E-state index in [9.17, 15) is 14.4 Å². The lowest BCUT2D eigenvalue weighted by Crippen LogP contribution is -2.49. The zero-order valence-corrected chi connectivity index (χ0v) is 11.9. The van der Waals surface area contributed by atoms with Crippen LogP contribution in [-0.2, 0) is 9.59 Å². The maximum absolute atomic E-state index is 11.6. The van der Waals surface area contributed by atoms with Gasteiger partial charge in [-0.25, -0.2) is 9.59 Å². The van der Waals surface area contributed by atoms with Crippen LogP contribution in [0.4, 0.5) is 4.79 Å². The van der Waals surface area contributed by atoms with Crippen molar-refractivity contribution in [2.24, 2.45) is 5.73 Å². The second-order valence-electron chi connectivity index (χ2n) is 4.89. The van der Waals surface area contributed by atoms with Crippen molar-refractivity contribution in [3.63, 3.8) is 0 Å². The van der Waals surface area contributed by atoms with Crippen LogP contribution in [0.2, 0.25) is 0 Å². The van der Waals surface area contributed by atoms with Crippen molar-refractivity contribution < 1.29 is 19.5 Å². The van der Waals surface area contributed by atoms with Crippen LogP contribution in [0, 0.1) is 0 Å². The Bertz CT molecular complexity index is 371. The number of aliphatic carboxylic acids is 1. The SMILES string of the molecule is NC(=O)CCC(NC(=O)NCCN1CCNCC1)C(=O)O. The van der Waals surface area contributed by atoms with Gasteiger partial charge in [0.15, 0.2) is 0 Å². The smallest absolute Gasteiger partial charge is 0.326 e. The van der Waals surface area contributed by atoms with Gasteiger partial charge in [0.2, 0.25) is 5.91 Å². The highest BCUT2D eigenvalue weighted by atomic mass is 16.4. The first-order valence-corrected chi connectivity index (χ1v) is 6.97. The number of carboxylic acids is 1. The predicted octanol–water partition coefficient (Wildman–Crippen LogP) is -2.09. The molecule has 1 aliphatic rings. The van der Waals surface area contributed by atoms with E-state index in [-0.39, 0.29) is 12.8 Å². The minimum atomic E-state index is -1.19. The normalized spacial score (nSPS) is 17.0. The molecule has 0 aliphatic carbocycles. The van der Waals surface area contributed by atoms with Crippen LogP contribution in [0.5, 0.6) is 0 Å². The second-order valence-corrected chi connectivity index (χ2v) is 4.89. The Morgan fingerprint density at radius 2 is 1.95 bits per heavy atom. The molecule has 3 amide bonds. The van der Waals surface area contributed by atoms with E-state index in [0.717, 1.165) is 26.2 Å². The molecule has 0 aromatic rings. The van der Waals surface area contributed by atoms with E-state index in [2.05, 4.69) is 20.9 Å². The molecule has 1 rings (SSSR count). The summed E-state index contributed by atoms with van der Waals surface area (Å²) in [4.78, 5) is 35.4. The monoisotopic (exact) mass is 301 g/mol. The van der Waals surface area contributed by atoms with Crippen LogP contribution in [0.25, 0.3) is 0 Å². The van der Waals surface area contributed by atoms with Gasteiger partial charge in [-0.3, -0.25) is 9.69 Å². The number of nitrogens with two attached hydrogens (primary N) is 1. The number of carbonyl (C=O) groups excluding carboxylic acids is 2. The summed E-state index contributed by atoms with van der Waals surface area (Å²) in [5, 5.41) is 17.1. The van der Waals surface area contributed by atoms with Crippen molar-refractivity contribution in [1.29, 1.82) is 0 Å². The lowest BCUT2D eigenvalue weighted by molar-refractivity contribution is -0.139. The Hall–Kier alpha value is -1.87. The number of hydrogen-bond acceptors (Lipinski definition) is 5. The van der Waals surface area contributed by atoms with Crippen molar-refractivity contribution in [3.05, 3.63) is 0 Å². The van der Waals surface area contributed by atoms with Crippen molar-refractivity contribution >= 4 is 17.9 Å². The number of nitrogens with one attached hydrogen (secondary N) is 3. The fraction of sp³-hybridized carbons (Fsp3) is 0.750. The van der Waals surface area contributed by atoms with Gasteiger partial charge in [0.25, 0.3) is 0 Å². The van der Waals surface area contributed by atoms with Gasteiger partial charge < -0.3 is 26.8 Å². The molecule has 1 atom stereocenters. The number of amides is 3. The van der Waals surface area contributed by atoms with E-state index >= 15 is 0 Å². The average Bonchev–Trinajstić information content (AvgIpc) is 2.44. The van der Waals surface area contributed by atoms with Crippen LogP contribution in [0.1, 0.15) is 12.8 Å². The van der Waals surface area contributed by atoms with Crippen molar-refractivity contribution in [2.75, 3.05) is 39.3 Å². The Morgan fingerprint density at radius 3 is 2.52 bits per heavy atom. The fourth-order valence-electron chi connectivity index (χ4n) is 2.02. The maximum Gasteiger partial charge on any atom is 0.326 e. The van der Waals surface area contributed by atoms with Crippen molar-refractivity contribution in [3.8, 4) is 0 Å². The molecule has 1 fully saturated rings. The zero-order valence-electron chi connectivity index (χ0n) is 11.9. The molecule has 120 valence electrons. The lowest BCUT2D eigenvalue weighted by Gasteiger charge is -2.27. The lowest BCUT2D eigenvalue weighted by atomic mass is 10.1. The number of carboxylic acid groups (broad SMARTS) is 1. The molecule has 0 bridgehead atoms. The Labute approximate surface area is 123 Å². The first-order valence-electron chi connectivity index (χ1n) is 6.97. The third-order valence-electron chi connectivity index (χ3n) is 3.21. The minimum Gasteiger partial charge on any atom is -0.480 e. The van der Waals surface area contributed by atoms with Crippen molar-refractivity contribution in [2.45, 2.75) is 18.9 Å². The maximum atomic E-state index is 11.6. The van der Waals surface area contributed by atoms with E-state index in [0.29, 0.717) is 13.1 Å². The van der Waals surface area contributed by atoms with Gasteiger partial charge in [-0.1, -0.05) is 0 Å². The third-order valence-corrected chi connectivity index (χ3v) is 3.21. The molecule has 0 aromatic carbocycles. The molecule has 0 radical (unpaired) electrons. The van der Waals surface area contributed by atoms with Gasteiger partial charge in [-0.15, -0.1) is 0 Å². The van der Waals surface area contributed by atoms with Crippen molar-refractivity contribution in [1.82, 2.24) is 20.9 Å². The molecule has 9 nitrogen and oxygen atoms in total. The number of carbonyl (C=O) groups is 3. The summed E-state index contributed by atoms with van der Waals surface area (Å²) < 4.78 is 0. The molecule has 0 saturated carbocycles. The molecule has 1 saturated heterocycles. The van der Waals surface area contributed by atoms with Gasteiger partial charge >= 0.3 is 12.0 Å². The highest BCUT2D eigenvalue weighted by Gasteiger charge is 2.20. The first-order chi connectivity index (χ1) is 9.99. The molecule has 0 aromatic heterocycles. The third kappa shape index (κ3) is 7.47. The summed E-state index contributed by atoms with van der Waals surface area (Å²) >= 11 is 0. The van der Waals surface area contributed by atoms with Crippen LogP contribution in [-0.4, -0.2) is 73.2 Å². The Balaban J connectivity index is 2.22. The molecular weight excluding hydrogens is 278 g/mol. The van der Waals surface area contributed by atoms with Gasteiger partial charge in [0.1, 0.15) is 6.04 Å². The highest BCUT2D eigenvalue weighted by Crippen LogP contribution is 1.97. The standard InChI is InChI=1S/C12H23N5O4/c13-10(18)2-1-9(11(19)20)16-12(21)15-5-8-17-6-3-14-4-7-17/h9,14H,1-8H2,(H2,13,18)(H,19,20)(H2,15,16,21). The minimum absolute atomic E-state index is 0.0180. The van der Waals surface area contributed by atoms with Gasteiger partial charge in [-0.2, -0.15) is 0 Å². The summed E-state index contributed by atoms with van der Waals surface area (Å²) in [6.07, 6.45) is -0.103. The molecule has 6 N–H and O–H groups in total. The first kappa shape index (κ1) is 17.2. The van der Waals surface area contributed by atoms with Crippen LogP contribution >= 0.6 is 0 Å². The number of hydrogen-bond donors (Lipinski definition) is 5. The Kier molecular flexibility index (Phi) is 7.48.